The molecule has 1 unspecified atom stereocenters. The SMILES string of the molecule is CC(=O)COC1C=CC(C(C)(C)C)=CC1. The van der Waals surface area contributed by atoms with Crippen molar-refractivity contribution in [3.05, 3.63) is 23.8 Å². The molecule has 15 heavy (non-hydrogen) atoms. The number of rotatable bonds is 3. The fourth-order valence-corrected chi connectivity index (χ4v) is 1.50. The van der Waals surface area contributed by atoms with E-state index in [-0.39, 0.29) is 23.9 Å². The summed E-state index contributed by atoms with van der Waals surface area (Å²) in [4.78, 5) is 10.7. The van der Waals surface area contributed by atoms with Crippen LogP contribution in [-0.4, -0.2) is 18.5 Å². The molecule has 0 radical (unpaired) electrons. The van der Waals surface area contributed by atoms with Crippen molar-refractivity contribution in [2.24, 2.45) is 5.41 Å². The van der Waals surface area contributed by atoms with Gasteiger partial charge in [0.2, 0.25) is 0 Å². The van der Waals surface area contributed by atoms with Gasteiger partial charge in [-0.25, -0.2) is 0 Å². The molecular weight excluding hydrogens is 188 g/mol. The van der Waals surface area contributed by atoms with Gasteiger partial charge in [-0.15, -0.1) is 0 Å². The Morgan fingerprint density at radius 2 is 2.20 bits per heavy atom. The zero-order valence-corrected chi connectivity index (χ0v) is 10.0. The number of ketones is 1. The average Bonchev–Trinajstić information content (AvgIpc) is 2.14. The molecule has 0 aromatic carbocycles. The number of carbonyl (C=O) groups excluding carboxylic acids is 1. The van der Waals surface area contributed by atoms with Crippen molar-refractivity contribution < 1.29 is 9.53 Å². The molecule has 2 heteroatoms. The van der Waals surface area contributed by atoms with Gasteiger partial charge >= 0.3 is 0 Å². The van der Waals surface area contributed by atoms with E-state index in [0.717, 1.165) is 6.42 Å². The molecule has 1 rings (SSSR count). The van der Waals surface area contributed by atoms with Crippen LogP contribution < -0.4 is 0 Å². The summed E-state index contributed by atoms with van der Waals surface area (Å²) in [5, 5.41) is 0. The monoisotopic (exact) mass is 208 g/mol. The highest BCUT2D eigenvalue weighted by Gasteiger charge is 2.18. The minimum atomic E-state index is 0.0694. The maximum Gasteiger partial charge on any atom is 0.155 e. The number of ether oxygens (including phenoxy) is 1. The first-order valence-corrected chi connectivity index (χ1v) is 5.39. The van der Waals surface area contributed by atoms with Gasteiger partial charge in [0.05, 0.1) is 6.10 Å². The van der Waals surface area contributed by atoms with E-state index in [4.69, 9.17) is 4.74 Å². The summed E-state index contributed by atoms with van der Waals surface area (Å²) in [5.74, 6) is 0.0778. The van der Waals surface area contributed by atoms with Gasteiger partial charge in [0.15, 0.2) is 5.78 Å². The van der Waals surface area contributed by atoms with Crippen LogP contribution in [0.2, 0.25) is 0 Å². The Kier molecular flexibility index (Phi) is 3.86. The molecule has 0 N–H and O–H groups in total. The Morgan fingerprint density at radius 3 is 2.60 bits per heavy atom. The number of carbonyl (C=O) groups is 1. The van der Waals surface area contributed by atoms with E-state index in [1.165, 1.54) is 5.57 Å². The van der Waals surface area contributed by atoms with Crippen LogP contribution in [0.1, 0.15) is 34.1 Å². The molecule has 0 amide bonds. The normalized spacial score (nSPS) is 21.3. The summed E-state index contributed by atoms with van der Waals surface area (Å²) in [6.45, 7) is 8.34. The predicted molar refractivity (Wildman–Crippen MR) is 61.7 cm³/mol. The van der Waals surface area contributed by atoms with Crippen LogP contribution in [0.4, 0.5) is 0 Å². The number of allylic oxidation sites excluding steroid dienone is 2. The Labute approximate surface area is 92.0 Å². The molecule has 0 aliphatic heterocycles. The Bertz CT molecular complexity index is 292. The maximum atomic E-state index is 10.7. The minimum absolute atomic E-state index is 0.0694. The van der Waals surface area contributed by atoms with E-state index in [0.29, 0.717) is 0 Å². The fourth-order valence-electron chi connectivity index (χ4n) is 1.50. The lowest BCUT2D eigenvalue weighted by molar-refractivity contribution is -0.122. The van der Waals surface area contributed by atoms with Crippen molar-refractivity contribution >= 4 is 5.78 Å². The summed E-state index contributed by atoms with van der Waals surface area (Å²) in [6.07, 6.45) is 7.29. The first kappa shape index (κ1) is 12.2. The topological polar surface area (TPSA) is 26.3 Å². The highest BCUT2D eigenvalue weighted by molar-refractivity contribution is 5.76. The highest BCUT2D eigenvalue weighted by atomic mass is 16.5. The molecule has 1 aliphatic rings. The molecule has 0 aromatic rings. The zero-order valence-electron chi connectivity index (χ0n) is 10.0. The van der Waals surface area contributed by atoms with Gasteiger partial charge in [-0.2, -0.15) is 0 Å². The van der Waals surface area contributed by atoms with Crippen molar-refractivity contribution in [3.63, 3.8) is 0 Å². The third-order valence-electron chi connectivity index (χ3n) is 2.43. The molecule has 0 saturated carbocycles. The first-order chi connectivity index (χ1) is 6.89. The number of hydrogen-bond donors (Lipinski definition) is 0. The lowest BCUT2D eigenvalue weighted by atomic mass is 9.83. The van der Waals surface area contributed by atoms with E-state index in [2.05, 4.69) is 32.9 Å². The summed E-state index contributed by atoms with van der Waals surface area (Å²) >= 11 is 0. The first-order valence-electron chi connectivity index (χ1n) is 5.39. The van der Waals surface area contributed by atoms with Crippen LogP contribution in [0.5, 0.6) is 0 Å². The summed E-state index contributed by atoms with van der Waals surface area (Å²) < 4.78 is 5.42. The molecule has 0 heterocycles. The molecular formula is C13H20O2. The van der Waals surface area contributed by atoms with Gasteiger partial charge in [0.25, 0.3) is 0 Å². The van der Waals surface area contributed by atoms with Gasteiger partial charge in [-0.3, -0.25) is 4.79 Å². The average molecular weight is 208 g/mol. The second-order valence-electron chi connectivity index (χ2n) is 5.06. The largest absolute Gasteiger partial charge is 0.366 e. The minimum Gasteiger partial charge on any atom is -0.366 e. The van der Waals surface area contributed by atoms with E-state index >= 15 is 0 Å². The molecule has 84 valence electrons. The molecule has 0 fully saturated rings. The summed E-state index contributed by atoms with van der Waals surface area (Å²) in [7, 11) is 0. The van der Waals surface area contributed by atoms with Crippen LogP contribution in [0.3, 0.4) is 0 Å². The molecule has 1 aliphatic carbocycles. The van der Waals surface area contributed by atoms with E-state index in [9.17, 15) is 4.79 Å². The lowest BCUT2D eigenvalue weighted by Gasteiger charge is -2.25. The van der Waals surface area contributed by atoms with E-state index < -0.39 is 0 Å². The van der Waals surface area contributed by atoms with Crippen LogP contribution in [0.15, 0.2) is 23.8 Å². The number of hydrogen-bond acceptors (Lipinski definition) is 2. The van der Waals surface area contributed by atoms with Crippen LogP contribution in [0, 0.1) is 5.41 Å². The standard InChI is InChI=1S/C13H20O2/c1-10(14)9-15-12-7-5-11(6-8-12)13(2,3)4/h5-7,12H,8-9H2,1-4H3. The Hall–Kier alpha value is -0.890. The van der Waals surface area contributed by atoms with Crippen molar-refractivity contribution in [1.82, 2.24) is 0 Å². The molecule has 2 nitrogen and oxygen atoms in total. The third kappa shape index (κ3) is 4.00. The molecule has 0 spiro atoms. The highest BCUT2D eigenvalue weighted by Crippen LogP contribution is 2.29. The molecule has 0 bridgehead atoms. The van der Waals surface area contributed by atoms with Gasteiger partial charge < -0.3 is 4.74 Å². The Morgan fingerprint density at radius 1 is 1.53 bits per heavy atom. The van der Waals surface area contributed by atoms with Gasteiger partial charge in [-0.05, 0) is 24.3 Å². The van der Waals surface area contributed by atoms with Crippen molar-refractivity contribution in [3.8, 4) is 0 Å². The van der Waals surface area contributed by atoms with Crippen LogP contribution in [0.25, 0.3) is 0 Å². The smallest absolute Gasteiger partial charge is 0.155 e. The second kappa shape index (κ2) is 4.75. The lowest BCUT2D eigenvalue weighted by Crippen LogP contribution is -2.18. The van der Waals surface area contributed by atoms with Crippen molar-refractivity contribution in [2.75, 3.05) is 6.61 Å². The molecule has 0 aromatic heterocycles. The number of Topliss-reactive ketones (excluding diaryl/α,β-unsaturated/α-hetero) is 1. The van der Waals surface area contributed by atoms with E-state index in [1.807, 2.05) is 6.08 Å². The maximum absolute atomic E-state index is 10.7. The summed E-state index contributed by atoms with van der Waals surface area (Å²) in [5.41, 5.74) is 1.53. The zero-order chi connectivity index (χ0) is 11.5. The second-order valence-corrected chi connectivity index (χ2v) is 5.06. The van der Waals surface area contributed by atoms with Crippen LogP contribution >= 0.6 is 0 Å². The predicted octanol–water partition coefficient (Wildman–Crippen LogP) is 2.89. The van der Waals surface area contributed by atoms with Gasteiger partial charge in [0.1, 0.15) is 6.61 Å². The van der Waals surface area contributed by atoms with Crippen molar-refractivity contribution in [2.45, 2.75) is 40.2 Å². The molecule has 0 saturated heterocycles. The van der Waals surface area contributed by atoms with E-state index in [1.54, 1.807) is 6.92 Å². The quantitative estimate of drug-likeness (QED) is 0.713. The Balaban J connectivity index is 2.46. The van der Waals surface area contributed by atoms with Gasteiger partial charge in [-0.1, -0.05) is 39.0 Å². The fraction of sp³-hybridized carbons (Fsp3) is 0.615. The summed E-state index contributed by atoms with van der Waals surface area (Å²) in [6, 6.07) is 0. The molecule has 1 atom stereocenters. The van der Waals surface area contributed by atoms with Gasteiger partial charge in [0, 0.05) is 0 Å². The third-order valence-corrected chi connectivity index (χ3v) is 2.43. The van der Waals surface area contributed by atoms with Crippen LogP contribution in [-0.2, 0) is 9.53 Å². The van der Waals surface area contributed by atoms with Crippen molar-refractivity contribution in [1.29, 1.82) is 0 Å².